The highest BCUT2D eigenvalue weighted by atomic mass is 32.2. The number of carboxylic acids is 1. The average molecular weight is 473 g/mol. The van der Waals surface area contributed by atoms with Crippen molar-refractivity contribution in [3.8, 4) is 5.75 Å². The van der Waals surface area contributed by atoms with Crippen LogP contribution in [0.2, 0.25) is 0 Å². The maximum atomic E-state index is 11.2. The number of rotatable bonds is 14. The van der Waals surface area contributed by atoms with Crippen LogP contribution in [0, 0.1) is 11.8 Å². The molecular formula is C27H40N2O3S. The molecule has 1 aromatic heterocycles. The minimum Gasteiger partial charge on any atom is -0.497 e. The third-order valence-corrected chi connectivity index (χ3v) is 8.15. The predicted octanol–water partition coefficient (Wildman–Crippen LogP) is 5.90. The topological polar surface area (TPSA) is 62.7 Å². The molecule has 1 aliphatic heterocycles. The van der Waals surface area contributed by atoms with Crippen molar-refractivity contribution in [3.05, 3.63) is 36.0 Å². The highest BCUT2D eigenvalue weighted by molar-refractivity contribution is 7.99. The largest absolute Gasteiger partial charge is 0.497 e. The standard InChI is InChI=1S/C27H40N2O3S/c1-3-17-33-18-5-15-29-16-13-21(23(20-29)8-11-27(30)31)6-4-7-22-12-14-28-26-10-9-24(32-2)19-25(22)26/h9-10,12,14,19,21,23H,3-8,11,13,15-18,20H2,1-2H3,(H,30,31)/t21-,23+/m1/s1. The zero-order chi connectivity index (χ0) is 23.5. The van der Waals surface area contributed by atoms with E-state index in [4.69, 9.17) is 4.74 Å². The van der Waals surface area contributed by atoms with Crippen molar-refractivity contribution in [2.75, 3.05) is 38.2 Å². The summed E-state index contributed by atoms with van der Waals surface area (Å²) in [5.74, 6) is 3.80. The number of likely N-dealkylation sites (tertiary alicyclic amines) is 1. The number of nitrogens with zero attached hydrogens (tertiary/aromatic N) is 2. The van der Waals surface area contributed by atoms with Gasteiger partial charge in [0.15, 0.2) is 0 Å². The van der Waals surface area contributed by atoms with Crippen LogP contribution in [0.1, 0.15) is 57.4 Å². The number of pyridine rings is 1. The molecule has 1 N–H and O–H groups in total. The molecule has 0 unspecified atom stereocenters. The van der Waals surface area contributed by atoms with E-state index in [1.54, 1.807) is 7.11 Å². The number of aromatic nitrogens is 1. The lowest BCUT2D eigenvalue weighted by Crippen LogP contribution is -2.41. The highest BCUT2D eigenvalue weighted by Crippen LogP contribution is 2.32. The molecule has 1 aromatic carbocycles. The first-order valence-corrected chi connectivity index (χ1v) is 13.7. The van der Waals surface area contributed by atoms with Crippen LogP contribution >= 0.6 is 11.8 Å². The molecule has 182 valence electrons. The molecule has 0 bridgehead atoms. The normalized spacial score (nSPS) is 19.1. The molecule has 2 aromatic rings. The summed E-state index contributed by atoms with van der Waals surface area (Å²) in [5, 5.41) is 10.4. The van der Waals surface area contributed by atoms with Crippen molar-refractivity contribution < 1.29 is 14.6 Å². The van der Waals surface area contributed by atoms with Crippen molar-refractivity contribution >= 4 is 28.6 Å². The van der Waals surface area contributed by atoms with E-state index < -0.39 is 5.97 Å². The van der Waals surface area contributed by atoms with Gasteiger partial charge < -0.3 is 14.7 Å². The highest BCUT2D eigenvalue weighted by Gasteiger charge is 2.29. The fourth-order valence-corrected chi connectivity index (χ4v) is 5.92. The van der Waals surface area contributed by atoms with Crippen LogP contribution in [0.3, 0.4) is 0 Å². The third kappa shape index (κ3) is 8.18. The summed E-state index contributed by atoms with van der Waals surface area (Å²) < 4.78 is 5.41. The summed E-state index contributed by atoms with van der Waals surface area (Å²) >= 11 is 2.05. The molecule has 6 heteroatoms. The van der Waals surface area contributed by atoms with Gasteiger partial charge in [0.25, 0.3) is 0 Å². The second-order valence-electron chi connectivity index (χ2n) is 9.25. The average Bonchev–Trinajstić information content (AvgIpc) is 2.83. The summed E-state index contributed by atoms with van der Waals surface area (Å²) in [6.45, 7) is 5.60. The van der Waals surface area contributed by atoms with E-state index in [0.29, 0.717) is 11.8 Å². The molecule has 2 heterocycles. The summed E-state index contributed by atoms with van der Waals surface area (Å²) in [6.07, 6.45) is 9.97. The van der Waals surface area contributed by atoms with Crippen LogP contribution in [0.25, 0.3) is 10.9 Å². The van der Waals surface area contributed by atoms with Gasteiger partial charge in [0.1, 0.15) is 5.75 Å². The Kier molecular flexibility index (Phi) is 10.8. The van der Waals surface area contributed by atoms with Gasteiger partial charge in [0, 0.05) is 24.5 Å². The predicted molar refractivity (Wildman–Crippen MR) is 138 cm³/mol. The molecule has 0 aliphatic carbocycles. The molecule has 1 saturated heterocycles. The number of fused-ring (bicyclic) bond motifs is 1. The van der Waals surface area contributed by atoms with Crippen molar-refractivity contribution in [2.24, 2.45) is 11.8 Å². The first kappa shape index (κ1) is 25.8. The molecule has 5 nitrogen and oxygen atoms in total. The smallest absolute Gasteiger partial charge is 0.303 e. The number of ether oxygens (including phenoxy) is 1. The number of hydrogen-bond acceptors (Lipinski definition) is 5. The quantitative estimate of drug-likeness (QED) is 0.345. The number of piperidine rings is 1. The number of aryl methyl sites for hydroxylation is 1. The number of carboxylic acid groups (broad SMARTS) is 1. The van der Waals surface area contributed by atoms with Gasteiger partial charge in [-0.1, -0.05) is 6.92 Å². The molecule has 3 rings (SSSR count). The Bertz CT molecular complexity index is 876. The maximum absolute atomic E-state index is 11.2. The lowest BCUT2D eigenvalue weighted by Gasteiger charge is -2.39. The van der Waals surface area contributed by atoms with E-state index in [1.807, 2.05) is 18.3 Å². The minimum atomic E-state index is -0.668. The number of hydrogen-bond donors (Lipinski definition) is 1. The van der Waals surface area contributed by atoms with E-state index in [1.165, 1.54) is 41.7 Å². The van der Waals surface area contributed by atoms with Crippen LogP contribution < -0.4 is 4.74 Å². The van der Waals surface area contributed by atoms with Crippen LogP contribution in [0.4, 0.5) is 0 Å². The molecule has 33 heavy (non-hydrogen) atoms. The molecule has 0 radical (unpaired) electrons. The molecule has 1 aliphatic rings. The van der Waals surface area contributed by atoms with Crippen LogP contribution in [-0.4, -0.2) is 59.2 Å². The molecule has 2 atom stereocenters. The van der Waals surface area contributed by atoms with Crippen molar-refractivity contribution in [1.29, 1.82) is 0 Å². The monoisotopic (exact) mass is 472 g/mol. The van der Waals surface area contributed by atoms with Crippen molar-refractivity contribution in [1.82, 2.24) is 9.88 Å². The molecule has 0 spiro atoms. The lowest BCUT2D eigenvalue weighted by atomic mass is 9.79. The SMILES string of the molecule is CCCSCCCN1CC[C@@H](CCCc2ccnc3ccc(OC)cc23)[C@@H](CCC(=O)O)C1. The zero-order valence-electron chi connectivity index (χ0n) is 20.3. The van der Waals surface area contributed by atoms with E-state index in [2.05, 4.69) is 40.7 Å². The number of benzene rings is 1. The number of carbonyl (C=O) groups is 1. The Morgan fingerprint density at radius 1 is 1.21 bits per heavy atom. The van der Waals surface area contributed by atoms with E-state index >= 15 is 0 Å². The first-order valence-electron chi connectivity index (χ1n) is 12.5. The van der Waals surface area contributed by atoms with Gasteiger partial charge in [0.05, 0.1) is 12.6 Å². The first-order chi connectivity index (χ1) is 16.1. The van der Waals surface area contributed by atoms with Crippen LogP contribution in [0.15, 0.2) is 30.5 Å². The third-order valence-electron chi connectivity index (χ3n) is 6.88. The fraction of sp³-hybridized carbons (Fsp3) is 0.630. The van der Waals surface area contributed by atoms with E-state index in [-0.39, 0.29) is 6.42 Å². The maximum Gasteiger partial charge on any atom is 0.303 e. The summed E-state index contributed by atoms with van der Waals surface area (Å²) in [5.41, 5.74) is 2.33. The zero-order valence-corrected chi connectivity index (χ0v) is 21.1. The Morgan fingerprint density at radius 2 is 2.09 bits per heavy atom. The Labute approximate surface area is 203 Å². The fourth-order valence-electron chi connectivity index (χ4n) is 5.09. The van der Waals surface area contributed by atoms with E-state index in [9.17, 15) is 9.90 Å². The summed E-state index contributed by atoms with van der Waals surface area (Å²) in [7, 11) is 1.70. The second kappa shape index (κ2) is 13.8. The number of thioether (sulfide) groups is 1. The molecular weight excluding hydrogens is 432 g/mol. The van der Waals surface area contributed by atoms with Gasteiger partial charge in [-0.3, -0.25) is 9.78 Å². The number of aliphatic carboxylic acids is 1. The van der Waals surface area contributed by atoms with E-state index in [0.717, 1.165) is 56.6 Å². The van der Waals surface area contributed by atoms with Crippen LogP contribution in [-0.2, 0) is 11.2 Å². The number of methoxy groups -OCH3 is 1. The van der Waals surface area contributed by atoms with Crippen molar-refractivity contribution in [3.63, 3.8) is 0 Å². The molecule has 0 amide bonds. The summed E-state index contributed by atoms with van der Waals surface area (Å²) in [6, 6.07) is 8.20. The van der Waals surface area contributed by atoms with Gasteiger partial charge >= 0.3 is 5.97 Å². The Hall–Kier alpha value is -1.79. The van der Waals surface area contributed by atoms with Gasteiger partial charge in [-0.15, -0.1) is 0 Å². The van der Waals surface area contributed by atoms with Gasteiger partial charge in [0.2, 0.25) is 0 Å². The molecule has 1 fully saturated rings. The molecule has 0 saturated carbocycles. The minimum absolute atomic E-state index is 0.288. The second-order valence-corrected chi connectivity index (χ2v) is 10.5. The van der Waals surface area contributed by atoms with Crippen molar-refractivity contribution in [2.45, 2.75) is 58.3 Å². The van der Waals surface area contributed by atoms with Gasteiger partial charge in [-0.25, -0.2) is 0 Å². The Morgan fingerprint density at radius 3 is 2.88 bits per heavy atom. The lowest BCUT2D eigenvalue weighted by molar-refractivity contribution is -0.137. The Balaban J connectivity index is 1.54. The van der Waals surface area contributed by atoms with Gasteiger partial charge in [-0.2, -0.15) is 11.8 Å². The van der Waals surface area contributed by atoms with Crippen LogP contribution in [0.5, 0.6) is 5.75 Å². The van der Waals surface area contributed by atoms with Gasteiger partial charge in [-0.05, 0) is 111 Å². The summed E-state index contributed by atoms with van der Waals surface area (Å²) in [4.78, 5) is 18.3.